The van der Waals surface area contributed by atoms with Crippen LogP contribution in [0, 0.1) is 10.2 Å². The first kappa shape index (κ1) is 20.3. The van der Waals surface area contributed by atoms with E-state index in [-0.39, 0.29) is 10.9 Å². The number of halogens is 1. The molecule has 0 bridgehead atoms. The molecule has 136 valence electrons. The van der Waals surface area contributed by atoms with Crippen molar-refractivity contribution in [3.8, 4) is 5.75 Å². The Morgan fingerprint density at radius 2 is 1.08 bits per heavy atom. The third-order valence-electron chi connectivity index (χ3n) is 3.23. The molecule has 0 spiro atoms. The van der Waals surface area contributed by atoms with Gasteiger partial charge in [-0.25, -0.2) is 18.6 Å². The number of benzene rings is 3. The first-order valence-corrected chi connectivity index (χ1v) is 9.94. The topological polar surface area (TPSA) is 101 Å². The lowest BCUT2D eigenvalue weighted by molar-refractivity contribution is -2.00. The predicted octanol–water partition coefficient (Wildman–Crippen LogP) is 0.0346. The van der Waals surface area contributed by atoms with Crippen LogP contribution in [0.5, 0.6) is 5.75 Å². The summed E-state index contributed by atoms with van der Waals surface area (Å²) in [6, 6.07) is 29.6. The maximum Gasteiger partial charge on any atom is 0.170 e. The molecule has 0 aliphatic heterocycles. The highest BCUT2D eigenvalue weighted by Crippen LogP contribution is 2.32. The van der Waals surface area contributed by atoms with Crippen molar-refractivity contribution in [1.29, 1.82) is 0 Å². The highest BCUT2D eigenvalue weighted by molar-refractivity contribution is 7.97. The second-order valence-electron chi connectivity index (χ2n) is 4.99. The van der Waals surface area contributed by atoms with Crippen LogP contribution in [0.2, 0.25) is 0 Å². The second kappa shape index (κ2) is 9.59. The minimum absolute atomic E-state index is 0.107. The maximum absolute atomic E-state index is 8.49. The zero-order valence-corrected chi connectivity index (χ0v) is 15.5. The summed E-state index contributed by atoms with van der Waals surface area (Å²) in [7, 11) is -3.34. The van der Waals surface area contributed by atoms with Crippen LogP contribution in [-0.2, 0) is 10.9 Å². The molecule has 0 unspecified atom stereocenters. The summed E-state index contributed by atoms with van der Waals surface area (Å²) >= 11 is 0. The van der Waals surface area contributed by atoms with Crippen molar-refractivity contribution in [3.05, 3.63) is 84.9 Å². The van der Waals surface area contributed by atoms with E-state index in [2.05, 4.69) is 78.9 Å². The minimum atomic E-state index is -4.94. The fourth-order valence-corrected chi connectivity index (χ4v) is 4.37. The van der Waals surface area contributed by atoms with Crippen LogP contribution in [0.25, 0.3) is 0 Å². The molecule has 0 saturated carbocycles. The van der Waals surface area contributed by atoms with Crippen molar-refractivity contribution in [1.82, 2.24) is 0 Å². The standard InChI is InChI=1S/C19H17OS.ClHO4/c1-20-16-9-8-14-19(15-16)21(17-10-4-2-5-11-17)18-12-6-3-7-13-18;2-1(3,4)5/h2-15H,1H3;(H,2,3,4,5)/q+1;/p-1. The lowest BCUT2D eigenvalue weighted by atomic mass is 10.3. The first-order chi connectivity index (χ1) is 12.4. The summed E-state index contributed by atoms with van der Waals surface area (Å²) in [5, 5.41) is 0. The molecule has 3 aromatic carbocycles. The highest BCUT2D eigenvalue weighted by atomic mass is 35.7. The van der Waals surface area contributed by atoms with E-state index >= 15 is 0 Å². The Kier molecular flexibility index (Phi) is 7.47. The zero-order valence-electron chi connectivity index (χ0n) is 13.9. The molecule has 5 nitrogen and oxygen atoms in total. The molecule has 0 fully saturated rings. The molecule has 0 saturated heterocycles. The van der Waals surface area contributed by atoms with E-state index in [4.69, 9.17) is 23.4 Å². The van der Waals surface area contributed by atoms with E-state index in [1.54, 1.807) is 7.11 Å². The first-order valence-electron chi connectivity index (χ1n) is 7.48. The van der Waals surface area contributed by atoms with Crippen LogP contribution in [0.4, 0.5) is 0 Å². The van der Waals surface area contributed by atoms with E-state index in [1.165, 1.54) is 14.7 Å². The van der Waals surface area contributed by atoms with Gasteiger partial charge in [0.25, 0.3) is 0 Å². The van der Waals surface area contributed by atoms with E-state index in [9.17, 15) is 0 Å². The van der Waals surface area contributed by atoms with Crippen molar-refractivity contribution in [2.45, 2.75) is 14.7 Å². The molecule has 0 aromatic heterocycles. The SMILES string of the molecule is COc1cccc([S+](c2ccccc2)c2ccccc2)c1.[O-][Cl+3]([O-])([O-])[O-]. The molecule has 0 amide bonds. The van der Waals surface area contributed by atoms with Crippen LogP contribution in [-0.4, -0.2) is 7.11 Å². The summed E-state index contributed by atoms with van der Waals surface area (Å²) < 4.78 is 39.4. The highest BCUT2D eigenvalue weighted by Gasteiger charge is 2.28. The van der Waals surface area contributed by atoms with Gasteiger partial charge in [-0.05, 0) is 36.4 Å². The molecular weight excluding hydrogens is 376 g/mol. The number of methoxy groups -OCH3 is 1. The monoisotopic (exact) mass is 392 g/mol. The number of ether oxygens (including phenoxy) is 1. The van der Waals surface area contributed by atoms with Crippen molar-refractivity contribution in [2.75, 3.05) is 7.11 Å². The van der Waals surface area contributed by atoms with E-state index < -0.39 is 10.2 Å². The Bertz CT molecular complexity index is 748. The zero-order chi connectivity index (χ0) is 19.0. The normalized spacial score (nSPS) is 10.8. The van der Waals surface area contributed by atoms with Gasteiger partial charge in [-0.15, -0.1) is 10.2 Å². The van der Waals surface area contributed by atoms with Gasteiger partial charge < -0.3 is 4.74 Å². The third kappa shape index (κ3) is 6.68. The van der Waals surface area contributed by atoms with Gasteiger partial charge in [0.15, 0.2) is 14.7 Å². The summed E-state index contributed by atoms with van der Waals surface area (Å²) in [6.07, 6.45) is 0. The van der Waals surface area contributed by atoms with Gasteiger partial charge in [0, 0.05) is 6.07 Å². The number of hydrogen-bond acceptors (Lipinski definition) is 5. The Morgan fingerprint density at radius 1 is 0.654 bits per heavy atom. The molecule has 0 atom stereocenters. The van der Waals surface area contributed by atoms with Crippen molar-refractivity contribution >= 4 is 10.9 Å². The van der Waals surface area contributed by atoms with Gasteiger partial charge in [0.2, 0.25) is 0 Å². The average molecular weight is 393 g/mol. The van der Waals surface area contributed by atoms with Crippen LogP contribution < -0.4 is 23.4 Å². The van der Waals surface area contributed by atoms with E-state index in [1.807, 2.05) is 6.07 Å². The molecule has 0 radical (unpaired) electrons. The second-order valence-corrected chi connectivity index (χ2v) is 7.77. The fourth-order valence-electron chi connectivity index (χ4n) is 2.25. The molecule has 0 aliphatic rings. The third-order valence-corrected chi connectivity index (χ3v) is 5.45. The van der Waals surface area contributed by atoms with Gasteiger partial charge in [0.05, 0.1) is 18.0 Å². The summed E-state index contributed by atoms with van der Waals surface area (Å²) in [4.78, 5) is 3.90. The Labute approximate surface area is 157 Å². The Balaban J connectivity index is 0.000000431. The minimum Gasteiger partial charge on any atom is -0.497 e. The molecule has 3 rings (SSSR count). The molecule has 0 aliphatic carbocycles. The molecule has 3 aromatic rings. The van der Waals surface area contributed by atoms with Crippen LogP contribution in [0.3, 0.4) is 0 Å². The van der Waals surface area contributed by atoms with Crippen LogP contribution in [0.1, 0.15) is 0 Å². The van der Waals surface area contributed by atoms with Crippen molar-refractivity contribution < 1.29 is 33.6 Å². The van der Waals surface area contributed by atoms with Gasteiger partial charge in [-0.2, -0.15) is 0 Å². The predicted molar refractivity (Wildman–Crippen MR) is 88.0 cm³/mol. The Hall–Kier alpha value is -2.06. The number of rotatable bonds is 4. The van der Waals surface area contributed by atoms with Crippen LogP contribution >= 0.6 is 0 Å². The molecular formula is C19H17ClO5S. The molecule has 7 heteroatoms. The maximum atomic E-state index is 8.49. The van der Waals surface area contributed by atoms with Gasteiger partial charge in [-0.1, -0.05) is 42.5 Å². The van der Waals surface area contributed by atoms with E-state index in [0.717, 1.165) is 5.75 Å². The molecule has 0 N–H and O–H groups in total. The smallest absolute Gasteiger partial charge is 0.170 e. The van der Waals surface area contributed by atoms with Gasteiger partial charge in [0.1, 0.15) is 5.75 Å². The van der Waals surface area contributed by atoms with Gasteiger partial charge >= 0.3 is 0 Å². The molecule has 26 heavy (non-hydrogen) atoms. The average Bonchev–Trinajstić information content (AvgIpc) is 2.63. The van der Waals surface area contributed by atoms with Gasteiger partial charge in [-0.3, -0.25) is 0 Å². The largest absolute Gasteiger partial charge is 0.497 e. The van der Waals surface area contributed by atoms with Crippen molar-refractivity contribution in [2.24, 2.45) is 0 Å². The van der Waals surface area contributed by atoms with Crippen LogP contribution in [0.15, 0.2) is 99.6 Å². The summed E-state index contributed by atoms with van der Waals surface area (Å²) in [6.45, 7) is 0. The van der Waals surface area contributed by atoms with E-state index in [0.29, 0.717) is 0 Å². The Morgan fingerprint density at radius 3 is 1.50 bits per heavy atom. The quantitative estimate of drug-likeness (QED) is 0.583. The lowest BCUT2D eigenvalue weighted by Gasteiger charge is -2.17. The summed E-state index contributed by atoms with van der Waals surface area (Å²) in [5.41, 5.74) is 0. The van der Waals surface area contributed by atoms with Crippen molar-refractivity contribution in [3.63, 3.8) is 0 Å². The number of hydrogen-bond donors (Lipinski definition) is 0. The lowest BCUT2D eigenvalue weighted by Crippen LogP contribution is -2.68. The fraction of sp³-hybridized carbons (Fsp3) is 0.0526. The molecule has 0 heterocycles. The summed E-state index contributed by atoms with van der Waals surface area (Å²) in [5.74, 6) is 0.900.